The fraction of sp³-hybridized carbons (Fsp3) is 0.500. The van der Waals surface area contributed by atoms with Crippen LogP contribution in [-0.2, 0) is 0 Å². The summed E-state index contributed by atoms with van der Waals surface area (Å²) in [5.41, 5.74) is 0. The van der Waals surface area contributed by atoms with Crippen LogP contribution in [0.3, 0.4) is 0 Å². The molecule has 0 unspecified atom stereocenters. The third-order valence-corrected chi connectivity index (χ3v) is 0.303. The van der Waals surface area contributed by atoms with Crippen LogP contribution in [0.2, 0.25) is 0 Å². The third-order valence-electron chi connectivity index (χ3n) is 0.303. The largest absolute Gasteiger partial charge is 0.399 e. The van der Waals surface area contributed by atoms with Crippen LogP contribution >= 0.6 is 0 Å². The minimum absolute atomic E-state index is 1.13. The van der Waals surface area contributed by atoms with Crippen LogP contribution in [0, 0.1) is 12.3 Å². The number of hydrogen-bond acceptors (Lipinski definition) is 0. The molecule has 0 aliphatic rings. The van der Waals surface area contributed by atoms with Crippen molar-refractivity contribution in [2.24, 2.45) is 0 Å². The Balaban J connectivity index is 3.40. The number of rotatable bonds is 0. The number of halogens is 3. The predicted molar refractivity (Wildman–Crippen MR) is 19.5 cm³/mol. The van der Waals surface area contributed by atoms with E-state index in [9.17, 15) is 13.2 Å². The van der Waals surface area contributed by atoms with Crippen molar-refractivity contribution in [1.82, 2.24) is 0 Å². The smallest absolute Gasteiger partial charge is 0.170 e. The van der Waals surface area contributed by atoms with Gasteiger partial charge in [-0.3, -0.25) is 0 Å². The second kappa shape index (κ2) is 1.87. The van der Waals surface area contributed by atoms with Gasteiger partial charge in [0.1, 0.15) is 6.42 Å². The van der Waals surface area contributed by atoms with Crippen LogP contribution in [0.1, 0.15) is 6.42 Å². The lowest BCUT2D eigenvalue weighted by molar-refractivity contribution is -0.123. The molecular formula is C4H3F3. The molecule has 0 N–H and O–H groups in total. The average molecular weight is 108 g/mol. The minimum atomic E-state index is -4.19. The molecule has 0 saturated carbocycles. The van der Waals surface area contributed by atoms with Crippen LogP contribution in [-0.4, -0.2) is 6.18 Å². The van der Waals surface area contributed by atoms with Gasteiger partial charge in [0.2, 0.25) is 0 Å². The first-order valence-electron chi connectivity index (χ1n) is 1.56. The Kier molecular flexibility index (Phi) is 1.70. The van der Waals surface area contributed by atoms with Gasteiger partial charge >= 0.3 is 6.18 Å². The second-order valence-electron chi connectivity index (χ2n) is 0.996. The Morgan fingerprint density at radius 1 is 1.43 bits per heavy atom. The summed E-state index contributed by atoms with van der Waals surface area (Å²) in [6.45, 7) is 0. The highest BCUT2D eigenvalue weighted by molar-refractivity contribution is 4.86. The minimum Gasteiger partial charge on any atom is -0.170 e. The fourth-order valence-electron chi connectivity index (χ4n) is 0.116. The molecule has 0 aliphatic carbocycles. The zero-order valence-corrected chi connectivity index (χ0v) is 3.42. The topological polar surface area (TPSA) is 0 Å². The average Bonchev–Trinajstić information content (AvgIpc) is 1.30. The lowest BCUT2D eigenvalue weighted by Crippen LogP contribution is -2.03. The maximum atomic E-state index is 10.9. The van der Waals surface area contributed by atoms with Crippen molar-refractivity contribution in [3.63, 3.8) is 0 Å². The Labute approximate surface area is 39.3 Å². The van der Waals surface area contributed by atoms with E-state index in [0.717, 1.165) is 0 Å². The molecule has 0 fully saturated rings. The summed E-state index contributed by atoms with van der Waals surface area (Å²) in [6.07, 6.45) is -0.973. The van der Waals surface area contributed by atoms with Crippen molar-refractivity contribution in [2.75, 3.05) is 0 Å². The van der Waals surface area contributed by atoms with Gasteiger partial charge in [-0.2, -0.15) is 13.2 Å². The van der Waals surface area contributed by atoms with Crippen molar-refractivity contribution in [2.45, 2.75) is 12.6 Å². The standard InChI is InChI=1S/C4H3F3/c1-2-3-4(5,6)7/h1H,3H2. The first-order valence-corrected chi connectivity index (χ1v) is 1.56. The van der Waals surface area contributed by atoms with Crippen molar-refractivity contribution in [1.29, 1.82) is 0 Å². The van der Waals surface area contributed by atoms with Crippen molar-refractivity contribution in [3.05, 3.63) is 0 Å². The Morgan fingerprint density at radius 2 is 1.86 bits per heavy atom. The zero-order valence-electron chi connectivity index (χ0n) is 3.42. The van der Waals surface area contributed by atoms with Gasteiger partial charge in [-0.25, -0.2) is 0 Å². The molecule has 0 aromatic carbocycles. The highest BCUT2D eigenvalue weighted by Crippen LogP contribution is 2.17. The van der Waals surface area contributed by atoms with Crippen molar-refractivity contribution < 1.29 is 13.2 Å². The van der Waals surface area contributed by atoms with E-state index in [1.54, 1.807) is 0 Å². The molecule has 0 heterocycles. The predicted octanol–water partition coefficient (Wildman–Crippen LogP) is 1.57. The first kappa shape index (κ1) is 6.35. The van der Waals surface area contributed by atoms with Gasteiger partial charge in [-0.05, 0) is 0 Å². The maximum Gasteiger partial charge on any atom is 0.399 e. The normalized spacial score (nSPS) is 10.6. The molecule has 0 aromatic rings. The molecule has 0 bridgehead atoms. The van der Waals surface area contributed by atoms with Crippen LogP contribution in [0.25, 0.3) is 0 Å². The summed E-state index contributed by atoms with van der Waals surface area (Å²) in [4.78, 5) is 0. The summed E-state index contributed by atoms with van der Waals surface area (Å²) >= 11 is 0. The third kappa shape index (κ3) is 5.35. The van der Waals surface area contributed by atoms with E-state index in [2.05, 4.69) is 6.42 Å². The second-order valence-corrected chi connectivity index (χ2v) is 0.996. The highest BCUT2D eigenvalue weighted by Gasteiger charge is 2.24. The van der Waals surface area contributed by atoms with Crippen molar-refractivity contribution >= 4 is 0 Å². The summed E-state index contributed by atoms with van der Waals surface area (Å²) in [6, 6.07) is 0. The molecule has 0 aliphatic heterocycles. The van der Waals surface area contributed by atoms with E-state index < -0.39 is 12.6 Å². The molecule has 0 spiro atoms. The molecule has 7 heavy (non-hydrogen) atoms. The SMILES string of the molecule is C#CCC(F)(F)F. The summed E-state index contributed by atoms with van der Waals surface area (Å²) in [5.74, 6) is 1.48. The van der Waals surface area contributed by atoms with Crippen LogP contribution in [0.15, 0.2) is 0 Å². The Morgan fingerprint density at radius 3 is 1.86 bits per heavy atom. The van der Waals surface area contributed by atoms with E-state index in [1.807, 2.05) is 0 Å². The molecule has 0 nitrogen and oxygen atoms in total. The van der Waals surface area contributed by atoms with Crippen LogP contribution in [0.5, 0.6) is 0 Å². The summed E-state index contributed by atoms with van der Waals surface area (Å²) in [7, 11) is 0. The van der Waals surface area contributed by atoms with Gasteiger partial charge < -0.3 is 0 Å². The first-order chi connectivity index (χ1) is 3.06. The van der Waals surface area contributed by atoms with E-state index in [0.29, 0.717) is 0 Å². The van der Waals surface area contributed by atoms with E-state index in [4.69, 9.17) is 0 Å². The quantitative estimate of drug-likeness (QED) is 0.413. The Bertz CT molecular complexity index is 84.1. The van der Waals surface area contributed by atoms with E-state index in [-0.39, 0.29) is 0 Å². The van der Waals surface area contributed by atoms with E-state index >= 15 is 0 Å². The lowest BCUT2D eigenvalue weighted by atomic mass is 10.4. The fourth-order valence-corrected chi connectivity index (χ4v) is 0.116. The molecular weight excluding hydrogens is 105 g/mol. The van der Waals surface area contributed by atoms with Crippen molar-refractivity contribution in [3.8, 4) is 12.3 Å². The van der Waals surface area contributed by atoms with Crippen LogP contribution in [0.4, 0.5) is 13.2 Å². The molecule has 0 amide bonds. The number of hydrogen-bond donors (Lipinski definition) is 0. The van der Waals surface area contributed by atoms with Gasteiger partial charge in [-0.1, -0.05) is 5.92 Å². The van der Waals surface area contributed by atoms with Gasteiger partial charge in [0.25, 0.3) is 0 Å². The van der Waals surface area contributed by atoms with Crippen LogP contribution < -0.4 is 0 Å². The zero-order chi connectivity index (χ0) is 5.91. The molecule has 0 atom stereocenters. The summed E-state index contributed by atoms with van der Waals surface area (Å²) in [5, 5.41) is 0. The van der Waals surface area contributed by atoms with Gasteiger partial charge in [0.05, 0.1) is 0 Å². The van der Waals surface area contributed by atoms with Gasteiger partial charge in [-0.15, -0.1) is 6.42 Å². The number of alkyl halides is 3. The highest BCUT2D eigenvalue weighted by atomic mass is 19.4. The molecule has 0 rings (SSSR count). The Hall–Kier alpha value is -0.650. The molecule has 3 heteroatoms. The van der Waals surface area contributed by atoms with Gasteiger partial charge in [0, 0.05) is 0 Å². The molecule has 0 aromatic heterocycles. The molecule has 0 saturated heterocycles. The molecule has 40 valence electrons. The maximum absolute atomic E-state index is 10.9. The van der Waals surface area contributed by atoms with E-state index in [1.165, 1.54) is 5.92 Å². The van der Waals surface area contributed by atoms with Gasteiger partial charge in [0.15, 0.2) is 0 Å². The number of terminal acetylenes is 1. The monoisotopic (exact) mass is 108 g/mol. The lowest BCUT2D eigenvalue weighted by Gasteiger charge is -1.96. The molecule has 0 radical (unpaired) electrons. The summed E-state index contributed by atoms with van der Waals surface area (Å²) < 4.78 is 32.7.